The fourth-order valence-corrected chi connectivity index (χ4v) is 2.38. The first-order chi connectivity index (χ1) is 10.7. The van der Waals surface area contributed by atoms with Crippen LogP contribution >= 0.6 is 0 Å². The van der Waals surface area contributed by atoms with Gasteiger partial charge in [0, 0.05) is 18.7 Å². The summed E-state index contributed by atoms with van der Waals surface area (Å²) in [5.74, 6) is 0.249. The number of methoxy groups -OCH3 is 1. The van der Waals surface area contributed by atoms with Crippen molar-refractivity contribution in [2.24, 2.45) is 5.92 Å². The summed E-state index contributed by atoms with van der Waals surface area (Å²) in [4.78, 5) is 29.7. The summed E-state index contributed by atoms with van der Waals surface area (Å²) in [6.07, 6.45) is 1.48. The van der Waals surface area contributed by atoms with Gasteiger partial charge < -0.3 is 9.64 Å². The molecule has 1 fully saturated rings. The average molecular weight is 301 g/mol. The van der Waals surface area contributed by atoms with E-state index in [0.29, 0.717) is 6.54 Å². The first-order valence-electron chi connectivity index (χ1n) is 6.78. The molecule has 0 spiro atoms. The normalized spacial score (nSPS) is 17.6. The summed E-state index contributed by atoms with van der Waals surface area (Å²) >= 11 is 0. The lowest BCUT2D eigenvalue weighted by Gasteiger charge is -2.16. The van der Waals surface area contributed by atoms with Gasteiger partial charge in [-0.15, -0.1) is 0 Å². The van der Waals surface area contributed by atoms with Gasteiger partial charge in [-0.1, -0.05) is 0 Å². The zero-order valence-electron chi connectivity index (χ0n) is 11.9. The van der Waals surface area contributed by atoms with E-state index < -0.39 is 5.92 Å². The predicted molar refractivity (Wildman–Crippen MR) is 78.5 cm³/mol. The molecule has 1 aliphatic heterocycles. The van der Waals surface area contributed by atoms with Crippen molar-refractivity contribution in [1.29, 1.82) is 0 Å². The molecule has 3 rings (SSSR count). The van der Waals surface area contributed by atoms with E-state index in [2.05, 4.69) is 20.5 Å². The van der Waals surface area contributed by atoms with E-state index >= 15 is 0 Å². The highest BCUT2D eigenvalue weighted by Gasteiger charge is 2.35. The molecule has 2 aromatic rings. The number of rotatable bonds is 4. The maximum atomic E-state index is 12.1. The second-order valence-corrected chi connectivity index (χ2v) is 4.93. The third-order valence-electron chi connectivity index (χ3n) is 3.54. The van der Waals surface area contributed by atoms with Crippen LogP contribution in [0, 0.1) is 5.92 Å². The minimum atomic E-state index is -0.417. The van der Waals surface area contributed by atoms with Crippen molar-refractivity contribution in [2.45, 2.75) is 6.42 Å². The Balaban J connectivity index is 1.68. The summed E-state index contributed by atoms with van der Waals surface area (Å²) in [6.45, 7) is 0.338. The van der Waals surface area contributed by atoms with Gasteiger partial charge in [-0.25, -0.2) is 5.10 Å². The summed E-state index contributed by atoms with van der Waals surface area (Å²) in [7, 11) is 1.58. The number of aromatic amines is 1. The molecule has 1 aromatic carbocycles. The standard InChI is InChI=1S/C14H15N5O3/c1-22-11-4-2-10(3-5-11)19-7-9(6-12(19)20)13(21)17-14-15-8-16-18-14/h2-5,8-9H,6-7H2,1H3,(H2,15,16,17,18,21)/t9-/m1/s1. The third-order valence-corrected chi connectivity index (χ3v) is 3.54. The lowest BCUT2D eigenvalue weighted by Crippen LogP contribution is -2.28. The Kier molecular flexibility index (Phi) is 3.73. The van der Waals surface area contributed by atoms with Crippen molar-refractivity contribution in [3.63, 3.8) is 0 Å². The van der Waals surface area contributed by atoms with Gasteiger partial charge in [-0.2, -0.15) is 10.1 Å². The second-order valence-electron chi connectivity index (χ2n) is 4.93. The minimum absolute atomic E-state index is 0.0807. The van der Waals surface area contributed by atoms with Crippen molar-refractivity contribution < 1.29 is 14.3 Å². The molecule has 1 atom stereocenters. The number of carbonyl (C=O) groups excluding carboxylic acids is 2. The summed E-state index contributed by atoms with van der Waals surface area (Å²) in [6, 6.07) is 7.16. The SMILES string of the molecule is COc1ccc(N2C[C@H](C(=O)Nc3ncn[nH]3)CC2=O)cc1. The van der Waals surface area contributed by atoms with Crippen molar-refractivity contribution >= 4 is 23.5 Å². The van der Waals surface area contributed by atoms with Gasteiger partial charge >= 0.3 is 0 Å². The first kappa shape index (κ1) is 14.1. The van der Waals surface area contributed by atoms with E-state index in [-0.39, 0.29) is 24.2 Å². The Labute approximate surface area is 126 Å². The fourth-order valence-electron chi connectivity index (χ4n) is 2.38. The molecule has 0 radical (unpaired) electrons. The van der Waals surface area contributed by atoms with Crippen LogP contribution in [-0.2, 0) is 9.59 Å². The molecule has 0 saturated carbocycles. The van der Waals surface area contributed by atoms with Crippen LogP contribution in [0.2, 0.25) is 0 Å². The van der Waals surface area contributed by atoms with Crippen molar-refractivity contribution in [2.75, 3.05) is 23.9 Å². The Hall–Kier alpha value is -2.90. The molecule has 1 aliphatic rings. The number of nitrogens with zero attached hydrogens (tertiary/aromatic N) is 3. The van der Waals surface area contributed by atoms with Gasteiger partial charge in [0.2, 0.25) is 17.8 Å². The van der Waals surface area contributed by atoms with E-state index in [0.717, 1.165) is 11.4 Å². The average Bonchev–Trinajstić information content (AvgIpc) is 3.17. The highest BCUT2D eigenvalue weighted by atomic mass is 16.5. The molecule has 22 heavy (non-hydrogen) atoms. The largest absolute Gasteiger partial charge is 0.497 e. The highest BCUT2D eigenvalue weighted by molar-refractivity contribution is 6.03. The van der Waals surface area contributed by atoms with Crippen molar-refractivity contribution in [3.8, 4) is 5.75 Å². The van der Waals surface area contributed by atoms with Gasteiger partial charge in [0.15, 0.2) is 0 Å². The van der Waals surface area contributed by atoms with Gasteiger partial charge in [0.05, 0.1) is 13.0 Å². The molecule has 1 aromatic heterocycles. The van der Waals surface area contributed by atoms with Gasteiger partial charge in [0.1, 0.15) is 12.1 Å². The lowest BCUT2D eigenvalue weighted by molar-refractivity contribution is -0.122. The van der Waals surface area contributed by atoms with E-state index in [9.17, 15) is 9.59 Å². The molecule has 8 heteroatoms. The molecule has 114 valence electrons. The molecule has 2 amide bonds. The zero-order chi connectivity index (χ0) is 15.5. The Morgan fingerprint density at radius 2 is 2.18 bits per heavy atom. The van der Waals surface area contributed by atoms with E-state index in [1.165, 1.54) is 6.33 Å². The molecule has 2 N–H and O–H groups in total. The number of H-pyrrole nitrogens is 1. The first-order valence-corrected chi connectivity index (χ1v) is 6.78. The van der Waals surface area contributed by atoms with Crippen LogP contribution in [0.4, 0.5) is 11.6 Å². The van der Waals surface area contributed by atoms with Crippen LogP contribution in [0.15, 0.2) is 30.6 Å². The third kappa shape index (κ3) is 2.76. The van der Waals surface area contributed by atoms with Gasteiger partial charge in [-0.05, 0) is 24.3 Å². The molecule has 1 saturated heterocycles. The molecule has 2 heterocycles. The van der Waals surface area contributed by atoms with E-state index in [4.69, 9.17) is 4.74 Å². The lowest BCUT2D eigenvalue weighted by atomic mass is 10.1. The summed E-state index contributed by atoms with van der Waals surface area (Å²) < 4.78 is 5.09. The fraction of sp³-hybridized carbons (Fsp3) is 0.286. The Morgan fingerprint density at radius 1 is 1.41 bits per heavy atom. The number of nitrogens with one attached hydrogen (secondary N) is 2. The number of ether oxygens (including phenoxy) is 1. The van der Waals surface area contributed by atoms with Crippen molar-refractivity contribution in [1.82, 2.24) is 15.2 Å². The number of amides is 2. The summed E-state index contributed by atoms with van der Waals surface area (Å²) in [5.41, 5.74) is 0.751. The quantitative estimate of drug-likeness (QED) is 0.870. The minimum Gasteiger partial charge on any atom is -0.497 e. The number of anilines is 2. The van der Waals surface area contributed by atoms with Crippen LogP contribution < -0.4 is 15.0 Å². The monoisotopic (exact) mass is 301 g/mol. The molecule has 0 unspecified atom stereocenters. The predicted octanol–water partition coefficient (Wildman–Crippen LogP) is 0.805. The van der Waals surface area contributed by atoms with Crippen LogP contribution in [-0.4, -0.2) is 40.7 Å². The van der Waals surface area contributed by atoms with E-state index in [1.807, 2.05) is 0 Å². The Morgan fingerprint density at radius 3 is 2.82 bits per heavy atom. The maximum absolute atomic E-state index is 12.1. The van der Waals surface area contributed by atoms with Gasteiger partial charge in [-0.3, -0.25) is 14.9 Å². The summed E-state index contributed by atoms with van der Waals surface area (Å²) in [5, 5.41) is 8.82. The van der Waals surface area contributed by atoms with Crippen molar-refractivity contribution in [3.05, 3.63) is 30.6 Å². The molecule has 0 aliphatic carbocycles. The number of benzene rings is 1. The molecule has 8 nitrogen and oxygen atoms in total. The van der Waals surface area contributed by atoms with E-state index in [1.54, 1.807) is 36.3 Å². The highest BCUT2D eigenvalue weighted by Crippen LogP contribution is 2.27. The van der Waals surface area contributed by atoms with Crippen LogP contribution in [0.3, 0.4) is 0 Å². The van der Waals surface area contributed by atoms with Crippen LogP contribution in [0.25, 0.3) is 0 Å². The van der Waals surface area contributed by atoms with Crippen LogP contribution in [0.1, 0.15) is 6.42 Å². The number of carbonyl (C=O) groups is 2. The molecular formula is C14H15N5O3. The number of hydrogen-bond donors (Lipinski definition) is 2. The molecular weight excluding hydrogens is 286 g/mol. The second kappa shape index (κ2) is 5.84. The number of aromatic nitrogens is 3. The smallest absolute Gasteiger partial charge is 0.232 e. The molecule has 0 bridgehead atoms. The topological polar surface area (TPSA) is 100 Å². The maximum Gasteiger partial charge on any atom is 0.232 e. The zero-order valence-corrected chi connectivity index (χ0v) is 11.9. The Bertz CT molecular complexity index is 668. The van der Waals surface area contributed by atoms with Gasteiger partial charge in [0.25, 0.3) is 0 Å². The number of hydrogen-bond acceptors (Lipinski definition) is 5. The van der Waals surface area contributed by atoms with Crippen LogP contribution in [0.5, 0.6) is 5.75 Å².